The van der Waals surface area contributed by atoms with E-state index in [1.54, 1.807) is 6.20 Å². The van der Waals surface area contributed by atoms with Gasteiger partial charge in [0.15, 0.2) is 17.6 Å². The molecule has 0 aliphatic carbocycles. The summed E-state index contributed by atoms with van der Waals surface area (Å²) in [6, 6.07) is 7.71. The van der Waals surface area contributed by atoms with E-state index < -0.39 is 0 Å². The summed E-state index contributed by atoms with van der Waals surface area (Å²) in [4.78, 5) is 12.7. The predicted octanol–water partition coefficient (Wildman–Crippen LogP) is 0.849. The second kappa shape index (κ2) is 7.11. The van der Waals surface area contributed by atoms with E-state index in [9.17, 15) is 0 Å². The van der Waals surface area contributed by atoms with Crippen molar-refractivity contribution in [2.45, 2.75) is 6.10 Å². The molecule has 0 radical (unpaired) electrons. The number of para-hydroxylation sites is 2. The first kappa shape index (κ1) is 15.3. The molecule has 128 valence electrons. The van der Waals surface area contributed by atoms with E-state index in [0.717, 1.165) is 43.5 Å². The number of hydroxylamine groups is 2. The molecular weight excluding hydrogens is 308 g/mol. The van der Waals surface area contributed by atoms with Gasteiger partial charge in [-0.05, 0) is 12.1 Å². The van der Waals surface area contributed by atoms with Crippen molar-refractivity contribution in [1.82, 2.24) is 15.3 Å². The predicted molar refractivity (Wildman–Crippen MR) is 90.0 cm³/mol. The second-order valence-electron chi connectivity index (χ2n) is 5.95. The van der Waals surface area contributed by atoms with Crippen LogP contribution in [0.2, 0.25) is 0 Å². The maximum absolute atomic E-state index is 5.92. The lowest BCUT2D eigenvalue weighted by Gasteiger charge is -2.34. The Kier molecular flexibility index (Phi) is 4.53. The van der Waals surface area contributed by atoms with Crippen LogP contribution in [0.4, 0.5) is 0 Å². The summed E-state index contributed by atoms with van der Waals surface area (Å²) in [6.07, 6.45) is 3.52. The number of fused-ring (bicyclic) bond motifs is 1. The Hall–Kier alpha value is -2.25. The van der Waals surface area contributed by atoms with Gasteiger partial charge in [0.2, 0.25) is 0 Å². The van der Waals surface area contributed by atoms with Crippen LogP contribution in [0.3, 0.4) is 0 Å². The lowest BCUT2D eigenvalue weighted by Crippen LogP contribution is -2.50. The van der Waals surface area contributed by atoms with Crippen molar-refractivity contribution in [2.24, 2.45) is 4.99 Å². The monoisotopic (exact) mass is 330 g/mol. The lowest BCUT2D eigenvalue weighted by atomic mass is 10.3. The van der Waals surface area contributed by atoms with Crippen LogP contribution in [0.5, 0.6) is 11.5 Å². The minimum absolute atomic E-state index is 0.116. The van der Waals surface area contributed by atoms with Gasteiger partial charge in [0.1, 0.15) is 25.6 Å². The highest BCUT2D eigenvalue weighted by Gasteiger charge is 2.23. The molecule has 7 nitrogen and oxygen atoms in total. The zero-order valence-electron chi connectivity index (χ0n) is 13.6. The number of benzene rings is 1. The average Bonchev–Trinajstić information content (AvgIpc) is 2.67. The fourth-order valence-electron chi connectivity index (χ4n) is 2.94. The third-order valence-corrected chi connectivity index (χ3v) is 4.23. The molecule has 0 spiro atoms. The van der Waals surface area contributed by atoms with Gasteiger partial charge in [-0.3, -0.25) is 9.90 Å². The standard InChI is InChI=1S/C17H22N4O3/c1-2-4-16-15(3-1)22-12-14(24-16)13-23-21-10-7-19-17(11-21)20-8-5-18-6-9-20/h1-4,7,10,14,18H,5-6,8-9,11-13H2. The summed E-state index contributed by atoms with van der Waals surface area (Å²) >= 11 is 0. The first-order valence-electron chi connectivity index (χ1n) is 8.35. The van der Waals surface area contributed by atoms with Gasteiger partial charge in [-0.2, -0.15) is 0 Å². The van der Waals surface area contributed by atoms with Gasteiger partial charge >= 0.3 is 0 Å². The third-order valence-electron chi connectivity index (χ3n) is 4.23. The molecule has 0 bridgehead atoms. The molecule has 4 rings (SSSR count). The smallest absolute Gasteiger partial charge is 0.161 e. The normalized spacial score (nSPS) is 23.2. The molecule has 1 saturated heterocycles. The average molecular weight is 330 g/mol. The molecular formula is C17H22N4O3. The van der Waals surface area contributed by atoms with Crippen LogP contribution < -0.4 is 14.8 Å². The number of aliphatic imine (C=N–C) groups is 1. The first-order chi connectivity index (χ1) is 11.9. The molecule has 0 saturated carbocycles. The van der Waals surface area contributed by atoms with Crippen LogP contribution in [0.15, 0.2) is 41.7 Å². The van der Waals surface area contributed by atoms with Gasteiger partial charge < -0.3 is 19.7 Å². The molecule has 0 amide bonds. The molecule has 1 fully saturated rings. The minimum Gasteiger partial charge on any atom is -0.486 e. The van der Waals surface area contributed by atoms with Crippen molar-refractivity contribution in [3.05, 3.63) is 36.7 Å². The Balaban J connectivity index is 1.28. The van der Waals surface area contributed by atoms with Crippen molar-refractivity contribution in [3.8, 4) is 11.5 Å². The van der Waals surface area contributed by atoms with Crippen molar-refractivity contribution >= 4 is 5.84 Å². The summed E-state index contributed by atoms with van der Waals surface area (Å²) < 4.78 is 11.6. The number of nitrogens with zero attached hydrogens (tertiary/aromatic N) is 3. The van der Waals surface area contributed by atoms with Crippen LogP contribution in [0.1, 0.15) is 0 Å². The van der Waals surface area contributed by atoms with E-state index in [1.165, 1.54) is 0 Å². The van der Waals surface area contributed by atoms with Gasteiger partial charge in [0.05, 0.1) is 0 Å². The fourth-order valence-corrected chi connectivity index (χ4v) is 2.94. The molecule has 3 aliphatic rings. The maximum atomic E-state index is 5.92. The van der Waals surface area contributed by atoms with E-state index in [4.69, 9.17) is 14.3 Å². The zero-order chi connectivity index (χ0) is 16.2. The summed E-state index contributed by atoms with van der Waals surface area (Å²) in [5, 5.41) is 5.17. The molecule has 1 aromatic rings. The van der Waals surface area contributed by atoms with Gasteiger partial charge in [-0.25, -0.2) is 4.99 Å². The summed E-state index contributed by atoms with van der Waals surface area (Å²) in [7, 11) is 0. The first-order valence-corrected chi connectivity index (χ1v) is 8.35. The SMILES string of the molecule is C1=CN(OCC2COc3ccccc3O2)CC(N2CCNCC2)=N1. The minimum atomic E-state index is -0.116. The zero-order valence-corrected chi connectivity index (χ0v) is 13.6. The largest absolute Gasteiger partial charge is 0.486 e. The summed E-state index contributed by atoms with van der Waals surface area (Å²) in [5.74, 6) is 2.61. The molecule has 1 unspecified atom stereocenters. The van der Waals surface area contributed by atoms with E-state index in [-0.39, 0.29) is 6.10 Å². The van der Waals surface area contributed by atoms with Crippen LogP contribution >= 0.6 is 0 Å². The van der Waals surface area contributed by atoms with Crippen LogP contribution in [-0.2, 0) is 4.84 Å². The van der Waals surface area contributed by atoms with Gasteiger partial charge in [-0.1, -0.05) is 12.1 Å². The van der Waals surface area contributed by atoms with Crippen LogP contribution in [-0.4, -0.2) is 67.8 Å². The van der Waals surface area contributed by atoms with Crippen molar-refractivity contribution < 1.29 is 14.3 Å². The summed E-state index contributed by atoms with van der Waals surface area (Å²) in [5.41, 5.74) is 0. The topological polar surface area (TPSA) is 58.6 Å². The molecule has 24 heavy (non-hydrogen) atoms. The number of piperazine rings is 1. The molecule has 1 atom stereocenters. The molecule has 1 N–H and O–H groups in total. The number of hydrogen-bond acceptors (Lipinski definition) is 7. The van der Waals surface area contributed by atoms with Crippen molar-refractivity contribution in [1.29, 1.82) is 0 Å². The van der Waals surface area contributed by atoms with Crippen molar-refractivity contribution in [3.63, 3.8) is 0 Å². The van der Waals surface area contributed by atoms with E-state index in [0.29, 0.717) is 19.8 Å². The van der Waals surface area contributed by atoms with Gasteiger partial charge in [-0.15, -0.1) is 0 Å². The Labute approximate surface area is 141 Å². The highest BCUT2D eigenvalue weighted by atomic mass is 16.7. The molecule has 3 heterocycles. The molecule has 3 aliphatic heterocycles. The number of ether oxygens (including phenoxy) is 2. The molecule has 7 heteroatoms. The molecule has 0 aromatic heterocycles. The highest BCUT2D eigenvalue weighted by molar-refractivity contribution is 5.85. The van der Waals surface area contributed by atoms with Gasteiger partial charge in [0.25, 0.3) is 0 Å². The summed E-state index contributed by atoms with van der Waals surface area (Å²) in [6.45, 7) is 5.54. The van der Waals surface area contributed by atoms with Crippen molar-refractivity contribution in [2.75, 3.05) is 45.9 Å². The Bertz CT molecular complexity index is 628. The molecule has 1 aromatic carbocycles. The third kappa shape index (κ3) is 3.47. The van der Waals surface area contributed by atoms with Crippen LogP contribution in [0, 0.1) is 0 Å². The van der Waals surface area contributed by atoms with E-state index >= 15 is 0 Å². The van der Waals surface area contributed by atoms with Gasteiger partial charge in [0, 0.05) is 38.6 Å². The van der Waals surface area contributed by atoms with E-state index in [2.05, 4.69) is 15.2 Å². The van der Waals surface area contributed by atoms with Crippen LogP contribution in [0.25, 0.3) is 0 Å². The Morgan fingerprint density at radius 3 is 2.92 bits per heavy atom. The second-order valence-corrected chi connectivity index (χ2v) is 5.95. The number of nitrogens with one attached hydrogen (secondary N) is 1. The quantitative estimate of drug-likeness (QED) is 0.887. The van der Waals surface area contributed by atoms with E-state index in [1.807, 2.05) is 35.5 Å². The highest BCUT2D eigenvalue weighted by Crippen LogP contribution is 2.30. The fraction of sp³-hybridized carbons (Fsp3) is 0.471. The number of amidine groups is 1. The number of hydrogen-bond donors (Lipinski definition) is 1. The Morgan fingerprint density at radius 1 is 1.21 bits per heavy atom. The Morgan fingerprint density at radius 2 is 2.04 bits per heavy atom. The number of rotatable bonds is 3. The maximum Gasteiger partial charge on any atom is 0.161 e. The lowest BCUT2D eigenvalue weighted by molar-refractivity contribution is -0.141.